The van der Waals surface area contributed by atoms with Crippen LogP contribution in [-0.2, 0) is 14.3 Å². The summed E-state index contributed by atoms with van der Waals surface area (Å²) in [4.78, 5) is 28.9. The van der Waals surface area contributed by atoms with E-state index in [0.29, 0.717) is 12.2 Å². The van der Waals surface area contributed by atoms with Gasteiger partial charge in [0.1, 0.15) is 0 Å². The molecule has 0 radical (unpaired) electrons. The molecule has 5 nitrogen and oxygen atoms in total. The molecule has 4 aliphatic heterocycles. The van der Waals surface area contributed by atoms with Crippen molar-refractivity contribution in [2.24, 2.45) is 11.8 Å². The zero-order valence-corrected chi connectivity index (χ0v) is 15.1. The molecule has 4 heterocycles. The van der Waals surface area contributed by atoms with E-state index >= 15 is 0 Å². The Morgan fingerprint density at radius 1 is 1.04 bits per heavy atom. The van der Waals surface area contributed by atoms with Gasteiger partial charge in [0.05, 0.1) is 30.7 Å². The molecule has 0 spiro atoms. The monoisotopic (exact) mass is 373 g/mol. The molecule has 5 heteroatoms. The molecule has 2 unspecified atom stereocenters. The van der Waals surface area contributed by atoms with Gasteiger partial charge in [-0.1, -0.05) is 54.6 Å². The van der Waals surface area contributed by atoms with Gasteiger partial charge in [0.25, 0.3) is 0 Å². The van der Waals surface area contributed by atoms with Crippen LogP contribution in [0.2, 0.25) is 0 Å². The van der Waals surface area contributed by atoms with Crippen LogP contribution in [0.25, 0.3) is 6.08 Å². The minimum absolute atomic E-state index is 0.0314. The first-order chi connectivity index (χ1) is 13.7. The van der Waals surface area contributed by atoms with Crippen LogP contribution < -0.4 is 0 Å². The molecule has 0 aromatic heterocycles. The number of carbonyl (C=O) groups excluding carboxylic acids is 2. The summed E-state index contributed by atoms with van der Waals surface area (Å²) in [7, 11) is 0. The Labute approximate surface area is 162 Å². The maximum absolute atomic E-state index is 13.6. The van der Waals surface area contributed by atoms with E-state index in [1.807, 2.05) is 54.7 Å². The molecule has 3 fully saturated rings. The predicted octanol–water partition coefficient (Wildman–Crippen LogP) is 2.84. The second kappa shape index (κ2) is 5.87. The average Bonchev–Trinajstić information content (AvgIpc) is 3.33. The summed E-state index contributed by atoms with van der Waals surface area (Å²) < 4.78 is 11.5. The number of Topliss-reactive ketones (excluding diaryl/α,β-unsaturated/α-hetero) is 2. The van der Waals surface area contributed by atoms with Gasteiger partial charge in [-0.3, -0.25) is 9.59 Å². The Bertz CT molecular complexity index is 1000. The van der Waals surface area contributed by atoms with Crippen LogP contribution in [0.15, 0.2) is 60.8 Å². The fourth-order valence-electron chi connectivity index (χ4n) is 5.39. The molecule has 2 bridgehead atoms. The lowest BCUT2D eigenvalue weighted by Gasteiger charge is -2.34. The lowest BCUT2D eigenvalue weighted by atomic mass is 9.75. The molecule has 2 aromatic rings. The highest BCUT2D eigenvalue weighted by Gasteiger charge is 2.63. The number of hydrogen-bond acceptors (Lipinski definition) is 5. The number of nitrogens with zero attached hydrogens (tertiary/aromatic N) is 1. The van der Waals surface area contributed by atoms with E-state index in [2.05, 4.69) is 17.0 Å². The van der Waals surface area contributed by atoms with Gasteiger partial charge in [0.15, 0.2) is 11.6 Å². The van der Waals surface area contributed by atoms with Gasteiger partial charge < -0.3 is 14.4 Å². The minimum atomic E-state index is -0.795. The second-order valence-electron chi connectivity index (χ2n) is 7.86. The van der Waals surface area contributed by atoms with Crippen molar-refractivity contribution in [3.63, 3.8) is 0 Å². The first-order valence-corrected chi connectivity index (χ1v) is 9.68. The third kappa shape index (κ3) is 2.09. The Balaban J connectivity index is 1.52. The summed E-state index contributed by atoms with van der Waals surface area (Å²) in [6.45, 7) is 0.363. The SMILES string of the molecule is O=C1C2OCC(O2)[C@@H]2[C@H]1[C@@H]1c3ccccc3C=CN1[C@@H]2C(=O)c1ccccc1. The van der Waals surface area contributed by atoms with E-state index in [-0.39, 0.29) is 35.5 Å². The van der Waals surface area contributed by atoms with E-state index in [1.54, 1.807) is 0 Å². The van der Waals surface area contributed by atoms with Gasteiger partial charge in [-0.25, -0.2) is 0 Å². The number of fused-ring (bicyclic) bond motifs is 8. The third-order valence-electron chi connectivity index (χ3n) is 6.53. The molecule has 28 heavy (non-hydrogen) atoms. The van der Waals surface area contributed by atoms with Crippen LogP contribution in [0.4, 0.5) is 0 Å². The first kappa shape index (κ1) is 16.2. The first-order valence-electron chi connectivity index (χ1n) is 9.68. The lowest BCUT2D eigenvalue weighted by Crippen LogP contribution is -2.48. The Kier molecular flexibility index (Phi) is 3.40. The van der Waals surface area contributed by atoms with Gasteiger partial charge >= 0.3 is 0 Å². The Hall–Kier alpha value is -2.76. The molecule has 140 valence electrons. The van der Waals surface area contributed by atoms with Crippen LogP contribution in [0.5, 0.6) is 0 Å². The maximum atomic E-state index is 13.6. The van der Waals surface area contributed by atoms with E-state index in [1.165, 1.54) is 0 Å². The van der Waals surface area contributed by atoms with Crippen molar-refractivity contribution in [2.45, 2.75) is 24.5 Å². The van der Waals surface area contributed by atoms with Crippen LogP contribution in [0, 0.1) is 11.8 Å². The predicted molar refractivity (Wildman–Crippen MR) is 101 cm³/mol. The summed E-state index contributed by atoms with van der Waals surface area (Å²) in [6.07, 6.45) is 2.99. The highest BCUT2D eigenvalue weighted by molar-refractivity contribution is 6.02. The highest BCUT2D eigenvalue weighted by Crippen LogP contribution is 2.54. The smallest absolute Gasteiger partial charge is 0.218 e. The largest absolute Gasteiger partial charge is 0.359 e. The number of ether oxygens (including phenoxy) is 2. The van der Waals surface area contributed by atoms with Crippen molar-refractivity contribution < 1.29 is 19.1 Å². The van der Waals surface area contributed by atoms with Crippen molar-refractivity contribution >= 4 is 17.6 Å². The molecule has 0 aliphatic carbocycles. The van der Waals surface area contributed by atoms with Crippen LogP contribution in [-0.4, -0.2) is 41.5 Å². The quantitative estimate of drug-likeness (QED) is 0.758. The van der Waals surface area contributed by atoms with Crippen LogP contribution >= 0.6 is 0 Å². The molecular formula is C23H19NO4. The zero-order valence-electron chi connectivity index (χ0n) is 15.1. The molecular weight excluding hydrogens is 354 g/mol. The zero-order chi connectivity index (χ0) is 18.8. The van der Waals surface area contributed by atoms with Gasteiger partial charge in [0.2, 0.25) is 6.29 Å². The van der Waals surface area contributed by atoms with Crippen molar-refractivity contribution in [1.82, 2.24) is 4.90 Å². The number of carbonyl (C=O) groups is 2. The van der Waals surface area contributed by atoms with E-state index in [9.17, 15) is 9.59 Å². The third-order valence-corrected chi connectivity index (χ3v) is 6.53. The fourth-order valence-corrected chi connectivity index (χ4v) is 5.39. The summed E-state index contributed by atoms with van der Waals surface area (Å²) in [5.41, 5.74) is 2.86. The van der Waals surface area contributed by atoms with Crippen molar-refractivity contribution in [2.75, 3.05) is 6.61 Å². The van der Waals surface area contributed by atoms with Crippen molar-refractivity contribution in [3.8, 4) is 0 Å². The summed E-state index contributed by atoms with van der Waals surface area (Å²) in [5.74, 6) is -0.541. The highest BCUT2D eigenvalue weighted by atomic mass is 16.7. The average molecular weight is 373 g/mol. The lowest BCUT2D eigenvalue weighted by molar-refractivity contribution is -0.164. The normalized spacial score (nSPS) is 34.7. The summed E-state index contributed by atoms with van der Waals surface area (Å²) in [5, 5.41) is 0. The van der Waals surface area contributed by atoms with Gasteiger partial charge in [-0.05, 0) is 17.2 Å². The van der Waals surface area contributed by atoms with Crippen LogP contribution in [0.3, 0.4) is 0 Å². The van der Waals surface area contributed by atoms with Crippen molar-refractivity contribution in [1.29, 1.82) is 0 Å². The molecule has 0 N–H and O–H groups in total. The molecule has 6 rings (SSSR count). The van der Waals surface area contributed by atoms with E-state index < -0.39 is 12.3 Å². The molecule has 2 aromatic carbocycles. The molecule has 4 aliphatic rings. The summed E-state index contributed by atoms with van der Waals surface area (Å²) in [6, 6.07) is 16.8. The number of hydrogen-bond donors (Lipinski definition) is 0. The molecule has 0 saturated carbocycles. The second-order valence-corrected chi connectivity index (χ2v) is 7.86. The molecule has 3 saturated heterocycles. The number of benzene rings is 2. The van der Waals surface area contributed by atoms with Crippen molar-refractivity contribution in [3.05, 3.63) is 77.5 Å². The Morgan fingerprint density at radius 3 is 2.68 bits per heavy atom. The Morgan fingerprint density at radius 2 is 1.82 bits per heavy atom. The minimum Gasteiger partial charge on any atom is -0.359 e. The van der Waals surface area contributed by atoms with Crippen LogP contribution in [0.1, 0.15) is 27.5 Å². The maximum Gasteiger partial charge on any atom is 0.218 e. The number of ketones is 2. The fraction of sp³-hybridized carbons (Fsp3) is 0.304. The standard InChI is InChI=1S/C23H19NO4/c25-21(14-7-2-1-3-8-14)20-17-16-12-27-23(28-16)22(26)18(17)19-15-9-5-4-6-13(15)10-11-24(19)20/h1-11,16-20,23H,12H2/t16?,17-,18+,19+,20+,23?/m1/s1. The number of rotatable bonds is 2. The summed E-state index contributed by atoms with van der Waals surface area (Å²) >= 11 is 0. The van der Waals surface area contributed by atoms with E-state index in [0.717, 1.165) is 11.1 Å². The topological polar surface area (TPSA) is 55.8 Å². The molecule has 0 amide bonds. The molecule has 6 atom stereocenters. The van der Waals surface area contributed by atoms with Gasteiger partial charge in [-0.15, -0.1) is 0 Å². The van der Waals surface area contributed by atoms with Gasteiger partial charge in [0, 0.05) is 17.7 Å². The van der Waals surface area contributed by atoms with Gasteiger partial charge in [-0.2, -0.15) is 0 Å². The van der Waals surface area contributed by atoms with E-state index in [4.69, 9.17) is 9.47 Å².